The lowest BCUT2D eigenvalue weighted by Crippen LogP contribution is -2.46. The average molecular weight is 338 g/mol. The topological polar surface area (TPSA) is 28.2 Å². The summed E-state index contributed by atoms with van der Waals surface area (Å²) in [7, 11) is 0. The Morgan fingerprint density at radius 1 is 1.08 bits per heavy atom. The van der Waals surface area contributed by atoms with Gasteiger partial charge in [0.2, 0.25) is 0 Å². The second kappa shape index (κ2) is 8.48. The van der Waals surface area contributed by atoms with Crippen LogP contribution < -0.4 is 10.2 Å². The first-order valence-corrected chi connectivity index (χ1v) is 9.58. The summed E-state index contributed by atoms with van der Waals surface area (Å²) < 4.78 is 0. The minimum Gasteiger partial charge on any atom is -0.351 e. The van der Waals surface area contributed by atoms with Crippen LogP contribution in [0.2, 0.25) is 0 Å². The molecule has 0 saturated heterocycles. The van der Waals surface area contributed by atoms with Gasteiger partial charge in [-0.1, -0.05) is 63.1 Å². The van der Waals surface area contributed by atoms with Crippen LogP contribution in [0.3, 0.4) is 0 Å². The number of rotatable bonds is 7. The van der Waals surface area contributed by atoms with Gasteiger partial charge < -0.3 is 10.2 Å². The highest BCUT2D eigenvalue weighted by molar-refractivity contribution is 5.39. The molecule has 1 atom stereocenters. The highest BCUT2D eigenvalue weighted by Crippen LogP contribution is 2.35. The van der Waals surface area contributed by atoms with Crippen LogP contribution >= 0.6 is 0 Å². The van der Waals surface area contributed by atoms with Crippen LogP contribution in [0.5, 0.6) is 0 Å². The standard InChI is InChI=1S/C22H31N3/c1-22(2)14-8-6-12-20(22)23-16-17-25(21-13-7-9-15-24-21)18-19-10-4-3-5-11-19/h3-5,7,9-11,13,15,20,23H,6,8,12,14,16-18H2,1-2H3. The Morgan fingerprint density at radius 3 is 2.60 bits per heavy atom. The summed E-state index contributed by atoms with van der Waals surface area (Å²) in [6.45, 7) is 7.68. The summed E-state index contributed by atoms with van der Waals surface area (Å²) in [5.41, 5.74) is 1.74. The van der Waals surface area contributed by atoms with Crippen LogP contribution in [0, 0.1) is 5.41 Å². The molecule has 1 N–H and O–H groups in total. The third kappa shape index (κ3) is 5.05. The molecule has 1 aliphatic rings. The highest BCUT2D eigenvalue weighted by atomic mass is 15.2. The second-order valence-corrected chi connectivity index (χ2v) is 7.84. The summed E-state index contributed by atoms with van der Waals surface area (Å²) in [6.07, 6.45) is 7.24. The predicted octanol–water partition coefficient (Wildman–Crippen LogP) is 4.65. The Labute approximate surface area is 152 Å². The van der Waals surface area contributed by atoms with Crippen molar-refractivity contribution in [1.82, 2.24) is 10.3 Å². The van der Waals surface area contributed by atoms with E-state index in [1.165, 1.54) is 31.2 Å². The van der Waals surface area contributed by atoms with Gasteiger partial charge in [0.25, 0.3) is 0 Å². The lowest BCUT2D eigenvalue weighted by Gasteiger charge is -2.39. The molecule has 1 fully saturated rings. The molecule has 0 aliphatic heterocycles. The van der Waals surface area contributed by atoms with E-state index in [1.807, 2.05) is 12.3 Å². The third-order valence-electron chi connectivity index (χ3n) is 5.47. The van der Waals surface area contributed by atoms with Crippen LogP contribution in [-0.4, -0.2) is 24.1 Å². The van der Waals surface area contributed by atoms with Crippen molar-refractivity contribution >= 4 is 5.82 Å². The molecule has 25 heavy (non-hydrogen) atoms. The van der Waals surface area contributed by atoms with Gasteiger partial charge in [-0.05, 0) is 36.0 Å². The van der Waals surface area contributed by atoms with Crippen molar-refractivity contribution in [2.45, 2.75) is 52.1 Å². The van der Waals surface area contributed by atoms with Crippen LogP contribution in [0.25, 0.3) is 0 Å². The summed E-state index contributed by atoms with van der Waals surface area (Å²) in [4.78, 5) is 6.94. The molecule has 3 rings (SSSR count). The summed E-state index contributed by atoms with van der Waals surface area (Å²) in [5.74, 6) is 1.05. The Morgan fingerprint density at radius 2 is 1.88 bits per heavy atom. The zero-order valence-corrected chi connectivity index (χ0v) is 15.6. The Balaban J connectivity index is 1.62. The fourth-order valence-electron chi connectivity index (χ4n) is 3.87. The normalized spacial score (nSPS) is 19.5. The molecular weight excluding hydrogens is 306 g/mol. The Hall–Kier alpha value is -1.87. The predicted molar refractivity (Wildman–Crippen MR) is 106 cm³/mol. The zero-order valence-electron chi connectivity index (χ0n) is 15.6. The lowest BCUT2D eigenvalue weighted by atomic mass is 9.73. The van der Waals surface area contributed by atoms with Crippen LogP contribution in [0.15, 0.2) is 54.7 Å². The van der Waals surface area contributed by atoms with Crippen molar-refractivity contribution in [1.29, 1.82) is 0 Å². The van der Waals surface area contributed by atoms with E-state index in [2.05, 4.69) is 71.5 Å². The maximum atomic E-state index is 4.57. The molecule has 1 heterocycles. The van der Waals surface area contributed by atoms with Gasteiger partial charge in [-0.2, -0.15) is 0 Å². The van der Waals surface area contributed by atoms with Gasteiger partial charge in [0.05, 0.1) is 0 Å². The van der Waals surface area contributed by atoms with E-state index in [0.29, 0.717) is 11.5 Å². The molecule has 3 heteroatoms. The molecule has 1 unspecified atom stereocenters. The van der Waals surface area contributed by atoms with Crippen molar-refractivity contribution < 1.29 is 0 Å². The van der Waals surface area contributed by atoms with Crippen molar-refractivity contribution in [2.75, 3.05) is 18.0 Å². The number of aromatic nitrogens is 1. The monoisotopic (exact) mass is 337 g/mol. The minimum atomic E-state index is 0.410. The van der Waals surface area contributed by atoms with E-state index in [0.717, 1.165) is 25.5 Å². The Kier molecular flexibility index (Phi) is 6.09. The number of pyridine rings is 1. The SMILES string of the molecule is CC1(C)CCCCC1NCCN(Cc1ccccc1)c1ccccn1. The molecule has 134 valence electrons. The van der Waals surface area contributed by atoms with E-state index >= 15 is 0 Å². The van der Waals surface area contributed by atoms with Crippen molar-refractivity contribution in [2.24, 2.45) is 5.41 Å². The maximum absolute atomic E-state index is 4.57. The van der Waals surface area contributed by atoms with E-state index in [1.54, 1.807) is 0 Å². The van der Waals surface area contributed by atoms with Gasteiger partial charge in [-0.25, -0.2) is 4.98 Å². The van der Waals surface area contributed by atoms with Gasteiger partial charge in [-0.3, -0.25) is 0 Å². The van der Waals surface area contributed by atoms with Crippen LogP contribution in [0.1, 0.15) is 45.1 Å². The minimum absolute atomic E-state index is 0.410. The van der Waals surface area contributed by atoms with Crippen molar-refractivity contribution in [3.8, 4) is 0 Å². The number of benzene rings is 1. The molecule has 0 spiro atoms. The molecule has 0 amide bonds. The van der Waals surface area contributed by atoms with Crippen molar-refractivity contribution in [3.05, 3.63) is 60.3 Å². The van der Waals surface area contributed by atoms with Crippen LogP contribution in [0.4, 0.5) is 5.82 Å². The summed E-state index contributed by atoms with van der Waals surface area (Å²) in [6, 6.07) is 17.4. The van der Waals surface area contributed by atoms with Gasteiger partial charge >= 0.3 is 0 Å². The van der Waals surface area contributed by atoms with Gasteiger partial charge in [0.15, 0.2) is 0 Å². The molecular formula is C22H31N3. The number of anilines is 1. The highest BCUT2D eigenvalue weighted by Gasteiger charge is 2.31. The molecule has 0 radical (unpaired) electrons. The van der Waals surface area contributed by atoms with Gasteiger partial charge in [-0.15, -0.1) is 0 Å². The molecule has 1 aromatic carbocycles. The van der Waals surface area contributed by atoms with Crippen LogP contribution in [-0.2, 0) is 6.54 Å². The van der Waals surface area contributed by atoms with Gasteiger partial charge in [0.1, 0.15) is 5.82 Å². The number of hydrogen-bond acceptors (Lipinski definition) is 3. The van der Waals surface area contributed by atoms with E-state index in [9.17, 15) is 0 Å². The summed E-state index contributed by atoms with van der Waals surface area (Å²) >= 11 is 0. The smallest absolute Gasteiger partial charge is 0.128 e. The third-order valence-corrected chi connectivity index (χ3v) is 5.47. The quantitative estimate of drug-likeness (QED) is 0.797. The van der Waals surface area contributed by atoms with E-state index in [4.69, 9.17) is 0 Å². The molecule has 0 bridgehead atoms. The number of nitrogens with one attached hydrogen (secondary N) is 1. The second-order valence-electron chi connectivity index (χ2n) is 7.84. The maximum Gasteiger partial charge on any atom is 0.128 e. The number of hydrogen-bond donors (Lipinski definition) is 1. The zero-order chi connectivity index (χ0) is 17.5. The molecule has 1 aliphatic carbocycles. The van der Waals surface area contributed by atoms with Crippen molar-refractivity contribution in [3.63, 3.8) is 0 Å². The number of nitrogens with zero attached hydrogens (tertiary/aromatic N) is 2. The molecule has 1 aromatic heterocycles. The first kappa shape index (κ1) is 17.9. The largest absolute Gasteiger partial charge is 0.351 e. The summed E-state index contributed by atoms with van der Waals surface area (Å²) in [5, 5.41) is 3.83. The van der Waals surface area contributed by atoms with E-state index in [-0.39, 0.29) is 0 Å². The Bertz CT molecular complexity index is 624. The molecule has 1 saturated carbocycles. The molecule has 3 nitrogen and oxygen atoms in total. The fraction of sp³-hybridized carbons (Fsp3) is 0.500. The average Bonchev–Trinajstić information content (AvgIpc) is 2.63. The fourth-order valence-corrected chi connectivity index (χ4v) is 3.87. The first-order chi connectivity index (χ1) is 12.1. The molecule has 2 aromatic rings. The van der Waals surface area contributed by atoms with Gasteiger partial charge in [0, 0.05) is 31.9 Å². The first-order valence-electron chi connectivity index (χ1n) is 9.58. The lowest BCUT2D eigenvalue weighted by molar-refractivity contribution is 0.169. The van der Waals surface area contributed by atoms with E-state index < -0.39 is 0 Å².